The van der Waals surface area contributed by atoms with Gasteiger partial charge in [-0.3, -0.25) is 4.79 Å². The van der Waals surface area contributed by atoms with Crippen molar-refractivity contribution >= 4 is 11.6 Å². The molecule has 0 aromatic heterocycles. The van der Waals surface area contributed by atoms with Gasteiger partial charge >= 0.3 is 0 Å². The molecule has 0 radical (unpaired) electrons. The van der Waals surface area contributed by atoms with E-state index in [0.717, 1.165) is 12.5 Å². The van der Waals surface area contributed by atoms with Crippen molar-refractivity contribution in [3.05, 3.63) is 29.6 Å². The molecule has 0 aliphatic carbocycles. The monoisotopic (exact) mass is 238 g/mol. The minimum Gasteiger partial charge on any atom is -0.399 e. The molecule has 94 valence electrons. The molecule has 1 aromatic rings. The van der Waals surface area contributed by atoms with Crippen molar-refractivity contribution in [2.45, 2.75) is 27.2 Å². The fraction of sp³-hybridized carbons (Fsp3) is 0.462. The van der Waals surface area contributed by atoms with Crippen molar-refractivity contribution in [1.82, 2.24) is 5.32 Å². The first-order chi connectivity index (χ1) is 7.79. The molecule has 0 saturated heterocycles. The summed E-state index contributed by atoms with van der Waals surface area (Å²) in [6, 6.07) is 4.07. The summed E-state index contributed by atoms with van der Waals surface area (Å²) in [5.74, 6) is -0.981. The van der Waals surface area contributed by atoms with E-state index in [-0.39, 0.29) is 11.0 Å². The third-order valence-electron chi connectivity index (χ3n) is 2.40. The van der Waals surface area contributed by atoms with Crippen LogP contribution < -0.4 is 11.1 Å². The van der Waals surface area contributed by atoms with Crippen LogP contribution in [0.4, 0.5) is 10.1 Å². The van der Waals surface area contributed by atoms with Gasteiger partial charge in [0.15, 0.2) is 0 Å². The topological polar surface area (TPSA) is 55.1 Å². The minimum atomic E-state index is -0.585. The lowest BCUT2D eigenvalue weighted by Crippen LogP contribution is -2.28. The zero-order valence-corrected chi connectivity index (χ0v) is 10.5. The molecule has 0 unspecified atom stereocenters. The van der Waals surface area contributed by atoms with Crippen molar-refractivity contribution in [2.75, 3.05) is 12.3 Å². The summed E-state index contributed by atoms with van der Waals surface area (Å²) in [5.41, 5.74) is 5.91. The Hall–Kier alpha value is -1.58. The third kappa shape index (κ3) is 4.43. The van der Waals surface area contributed by atoms with Crippen LogP contribution in [0.2, 0.25) is 0 Å². The van der Waals surface area contributed by atoms with Gasteiger partial charge in [0.25, 0.3) is 5.91 Å². The fourth-order valence-corrected chi connectivity index (χ4v) is 1.36. The lowest BCUT2D eigenvalue weighted by atomic mass is 9.92. The van der Waals surface area contributed by atoms with E-state index < -0.39 is 11.7 Å². The Kier molecular flexibility index (Phi) is 4.10. The maximum atomic E-state index is 13.4. The molecule has 0 atom stereocenters. The zero-order chi connectivity index (χ0) is 13.1. The predicted molar refractivity (Wildman–Crippen MR) is 67.2 cm³/mol. The second kappa shape index (κ2) is 5.17. The molecule has 1 aromatic carbocycles. The Labute approximate surface area is 101 Å². The van der Waals surface area contributed by atoms with Gasteiger partial charge in [-0.05, 0) is 30.0 Å². The van der Waals surface area contributed by atoms with Gasteiger partial charge < -0.3 is 11.1 Å². The first kappa shape index (κ1) is 13.5. The highest BCUT2D eigenvalue weighted by atomic mass is 19.1. The van der Waals surface area contributed by atoms with Crippen molar-refractivity contribution in [2.24, 2.45) is 5.41 Å². The Morgan fingerprint density at radius 3 is 2.59 bits per heavy atom. The number of hydrogen-bond donors (Lipinski definition) is 2. The highest BCUT2D eigenvalue weighted by molar-refractivity contribution is 5.94. The summed E-state index contributed by atoms with van der Waals surface area (Å²) in [5, 5.41) is 2.70. The third-order valence-corrected chi connectivity index (χ3v) is 2.40. The van der Waals surface area contributed by atoms with E-state index in [1.165, 1.54) is 12.1 Å². The number of nitrogen functional groups attached to an aromatic ring is 1. The van der Waals surface area contributed by atoms with Gasteiger partial charge in [0, 0.05) is 12.2 Å². The Morgan fingerprint density at radius 2 is 2.06 bits per heavy atom. The molecule has 4 heteroatoms. The van der Waals surface area contributed by atoms with Crippen LogP contribution in [-0.4, -0.2) is 12.5 Å². The molecular weight excluding hydrogens is 219 g/mol. The average molecular weight is 238 g/mol. The van der Waals surface area contributed by atoms with E-state index in [2.05, 4.69) is 26.1 Å². The van der Waals surface area contributed by atoms with Gasteiger partial charge in [-0.2, -0.15) is 0 Å². The molecule has 0 aliphatic heterocycles. The van der Waals surface area contributed by atoms with E-state index >= 15 is 0 Å². The molecule has 3 N–H and O–H groups in total. The molecule has 1 rings (SSSR count). The lowest BCUT2D eigenvalue weighted by molar-refractivity contribution is 0.0945. The predicted octanol–water partition coefficient (Wildman–Crippen LogP) is 2.57. The number of rotatable bonds is 3. The second-order valence-corrected chi connectivity index (χ2v) is 5.31. The van der Waals surface area contributed by atoms with Crippen LogP contribution in [0.15, 0.2) is 18.2 Å². The molecule has 0 aliphatic rings. The van der Waals surface area contributed by atoms with E-state index in [0.29, 0.717) is 12.2 Å². The Bertz CT molecular complexity index is 410. The summed E-state index contributed by atoms with van der Waals surface area (Å²) in [7, 11) is 0. The van der Waals surface area contributed by atoms with Crippen LogP contribution in [0, 0.1) is 11.2 Å². The smallest absolute Gasteiger partial charge is 0.254 e. The number of halogens is 1. The minimum absolute atomic E-state index is 0.0353. The van der Waals surface area contributed by atoms with E-state index in [9.17, 15) is 9.18 Å². The number of amides is 1. The molecular formula is C13H19FN2O. The molecule has 3 nitrogen and oxygen atoms in total. The van der Waals surface area contributed by atoms with Crippen molar-refractivity contribution in [1.29, 1.82) is 0 Å². The summed E-state index contributed by atoms with van der Waals surface area (Å²) in [6.45, 7) is 6.79. The number of nitrogens with one attached hydrogen (secondary N) is 1. The average Bonchev–Trinajstić information content (AvgIpc) is 2.15. The van der Waals surface area contributed by atoms with Gasteiger partial charge in [-0.25, -0.2) is 4.39 Å². The van der Waals surface area contributed by atoms with Crippen LogP contribution in [-0.2, 0) is 0 Å². The first-order valence-corrected chi connectivity index (χ1v) is 5.63. The summed E-state index contributed by atoms with van der Waals surface area (Å²) < 4.78 is 13.4. The molecule has 0 spiro atoms. The maximum Gasteiger partial charge on any atom is 0.254 e. The summed E-state index contributed by atoms with van der Waals surface area (Å²) >= 11 is 0. The molecule has 0 heterocycles. The van der Waals surface area contributed by atoms with Gasteiger partial charge in [-0.1, -0.05) is 20.8 Å². The summed E-state index contributed by atoms with van der Waals surface area (Å²) in [6.07, 6.45) is 0.843. The Morgan fingerprint density at radius 1 is 1.41 bits per heavy atom. The van der Waals surface area contributed by atoms with Crippen LogP contribution in [0.25, 0.3) is 0 Å². The number of anilines is 1. The van der Waals surface area contributed by atoms with Crippen molar-refractivity contribution in [3.63, 3.8) is 0 Å². The van der Waals surface area contributed by atoms with Crippen molar-refractivity contribution in [3.8, 4) is 0 Å². The molecule has 0 bridgehead atoms. The number of carbonyl (C=O) groups is 1. The fourth-order valence-electron chi connectivity index (χ4n) is 1.36. The normalized spacial score (nSPS) is 11.3. The van der Waals surface area contributed by atoms with E-state index in [1.54, 1.807) is 0 Å². The number of benzene rings is 1. The number of carbonyl (C=O) groups excluding carboxylic acids is 1. The summed E-state index contributed by atoms with van der Waals surface area (Å²) in [4.78, 5) is 11.7. The van der Waals surface area contributed by atoms with Crippen LogP contribution in [0.1, 0.15) is 37.6 Å². The lowest BCUT2D eigenvalue weighted by Gasteiger charge is -2.18. The first-order valence-electron chi connectivity index (χ1n) is 5.63. The molecule has 1 amide bonds. The van der Waals surface area contributed by atoms with Crippen LogP contribution >= 0.6 is 0 Å². The Balaban J connectivity index is 2.59. The van der Waals surface area contributed by atoms with E-state index in [4.69, 9.17) is 5.73 Å². The van der Waals surface area contributed by atoms with Gasteiger partial charge in [0.05, 0.1) is 5.56 Å². The van der Waals surface area contributed by atoms with Crippen molar-refractivity contribution < 1.29 is 9.18 Å². The van der Waals surface area contributed by atoms with Gasteiger partial charge in [0.2, 0.25) is 0 Å². The highest BCUT2D eigenvalue weighted by Crippen LogP contribution is 2.17. The van der Waals surface area contributed by atoms with Gasteiger partial charge in [0.1, 0.15) is 5.82 Å². The molecule has 17 heavy (non-hydrogen) atoms. The molecule has 0 fully saturated rings. The SMILES string of the molecule is CC(C)(C)CCNC(=O)c1ccc(N)cc1F. The van der Waals surface area contributed by atoms with E-state index in [1.807, 2.05) is 0 Å². The van der Waals surface area contributed by atoms with Crippen LogP contribution in [0.5, 0.6) is 0 Å². The van der Waals surface area contributed by atoms with Crippen LogP contribution in [0.3, 0.4) is 0 Å². The second-order valence-electron chi connectivity index (χ2n) is 5.31. The molecule has 0 saturated carbocycles. The number of hydrogen-bond acceptors (Lipinski definition) is 2. The van der Waals surface area contributed by atoms with Gasteiger partial charge in [-0.15, -0.1) is 0 Å². The largest absolute Gasteiger partial charge is 0.399 e. The zero-order valence-electron chi connectivity index (χ0n) is 10.5. The maximum absolute atomic E-state index is 13.4. The number of nitrogens with two attached hydrogens (primary N) is 1. The highest BCUT2D eigenvalue weighted by Gasteiger charge is 2.13. The quantitative estimate of drug-likeness (QED) is 0.795. The standard InChI is InChI=1S/C13H19FN2O/c1-13(2,3)6-7-16-12(17)10-5-4-9(15)8-11(10)14/h4-5,8H,6-7,15H2,1-3H3,(H,16,17).